The lowest BCUT2D eigenvalue weighted by Crippen LogP contribution is -2.11. The van der Waals surface area contributed by atoms with E-state index in [0.29, 0.717) is 0 Å². The van der Waals surface area contributed by atoms with Crippen LogP contribution in [0.5, 0.6) is 0 Å². The molecule has 2 nitrogen and oxygen atoms in total. The number of benzene rings is 10. The van der Waals surface area contributed by atoms with Crippen LogP contribution in [0.15, 0.2) is 243 Å². The molecule has 0 radical (unpaired) electrons. The second kappa shape index (κ2) is 15.1. The highest BCUT2D eigenvalue weighted by atomic mass is 15.1. The first kappa shape index (κ1) is 35.2. The van der Waals surface area contributed by atoms with Crippen molar-refractivity contribution in [2.24, 2.45) is 0 Å². The van der Waals surface area contributed by atoms with E-state index < -0.39 is 0 Å². The van der Waals surface area contributed by atoms with Gasteiger partial charge in [-0.1, -0.05) is 182 Å². The van der Waals surface area contributed by atoms with Crippen LogP contribution in [0, 0.1) is 0 Å². The van der Waals surface area contributed by atoms with Gasteiger partial charge in [0.15, 0.2) is 0 Å². The Bertz CT molecular complexity index is 3250. The molecule has 0 aliphatic heterocycles. The SMILES string of the molecule is c1ccc(-c2ccc(N(c3cccc(-c4cccc(-n5c6ccccc6c6ccccc65)c4)c3)c3ccc(-c4cccc5ccccc45)cc3-c3ccccc3)cc2)cc1. The van der Waals surface area contributed by atoms with E-state index in [4.69, 9.17) is 0 Å². The number of fused-ring (bicyclic) bond motifs is 4. The summed E-state index contributed by atoms with van der Waals surface area (Å²) in [6.07, 6.45) is 0. The zero-order valence-electron chi connectivity index (χ0n) is 33.0. The number of rotatable bonds is 8. The van der Waals surface area contributed by atoms with Crippen molar-refractivity contribution in [1.82, 2.24) is 4.57 Å². The molecule has 0 fully saturated rings. The molecule has 0 bridgehead atoms. The van der Waals surface area contributed by atoms with Crippen molar-refractivity contribution < 1.29 is 0 Å². The second-order valence-electron chi connectivity index (χ2n) is 15.3. The summed E-state index contributed by atoms with van der Waals surface area (Å²) >= 11 is 0. The van der Waals surface area contributed by atoms with Crippen molar-refractivity contribution >= 4 is 49.6 Å². The maximum absolute atomic E-state index is 2.42. The Balaban J connectivity index is 1.08. The fourth-order valence-electron chi connectivity index (χ4n) is 8.94. The first-order chi connectivity index (χ1) is 29.8. The Labute approximate surface area is 350 Å². The van der Waals surface area contributed by atoms with Crippen molar-refractivity contribution in [2.75, 3.05) is 4.90 Å². The van der Waals surface area contributed by atoms with E-state index in [9.17, 15) is 0 Å². The largest absolute Gasteiger partial charge is 0.310 e. The van der Waals surface area contributed by atoms with Crippen molar-refractivity contribution in [1.29, 1.82) is 0 Å². The van der Waals surface area contributed by atoms with Gasteiger partial charge in [-0.25, -0.2) is 0 Å². The van der Waals surface area contributed by atoms with Crippen LogP contribution in [-0.2, 0) is 0 Å². The summed E-state index contributed by atoms with van der Waals surface area (Å²) in [5.74, 6) is 0. The molecule has 0 unspecified atom stereocenters. The predicted octanol–water partition coefficient (Wildman–Crippen LogP) is 16.1. The fraction of sp³-hybridized carbons (Fsp3) is 0. The monoisotopic (exact) mass is 764 g/mol. The van der Waals surface area contributed by atoms with Crippen molar-refractivity contribution in [3.63, 3.8) is 0 Å². The Kier molecular flexibility index (Phi) is 8.87. The zero-order chi connectivity index (χ0) is 39.8. The van der Waals surface area contributed by atoms with Gasteiger partial charge in [0, 0.05) is 33.4 Å². The van der Waals surface area contributed by atoms with E-state index in [1.807, 2.05) is 0 Å². The van der Waals surface area contributed by atoms with Gasteiger partial charge in [0.25, 0.3) is 0 Å². The van der Waals surface area contributed by atoms with Gasteiger partial charge in [-0.05, 0) is 110 Å². The summed E-state index contributed by atoms with van der Waals surface area (Å²) in [5, 5.41) is 5.00. The molecule has 0 N–H and O–H groups in total. The molecule has 0 saturated carbocycles. The highest BCUT2D eigenvalue weighted by molar-refractivity contribution is 6.09. The first-order valence-electron chi connectivity index (χ1n) is 20.6. The summed E-state index contributed by atoms with van der Waals surface area (Å²) in [4.78, 5) is 2.42. The van der Waals surface area contributed by atoms with E-state index in [1.54, 1.807) is 0 Å². The summed E-state index contributed by atoms with van der Waals surface area (Å²) < 4.78 is 2.39. The maximum Gasteiger partial charge on any atom is 0.0541 e. The number of nitrogens with zero attached hydrogens (tertiary/aromatic N) is 2. The quantitative estimate of drug-likeness (QED) is 0.150. The first-order valence-corrected chi connectivity index (χ1v) is 20.6. The van der Waals surface area contributed by atoms with Gasteiger partial charge in [0.2, 0.25) is 0 Å². The van der Waals surface area contributed by atoms with Crippen LogP contribution in [0.2, 0.25) is 0 Å². The Morgan fingerprint density at radius 1 is 0.283 bits per heavy atom. The van der Waals surface area contributed by atoms with Gasteiger partial charge in [-0.15, -0.1) is 0 Å². The standard InChI is InChI=1S/C58H40N2/c1-3-16-41(17-4-1)42-32-35-48(36-33-42)59(58-37-34-47(40-55(58)44-18-5-2-6-19-44)52-29-15-21-43-20-7-8-26-51(43)52)49-24-13-22-45(38-49)46-23-14-25-50(39-46)60-56-30-11-9-27-53(56)54-28-10-12-31-57(54)60/h1-40H. The van der Waals surface area contributed by atoms with Gasteiger partial charge in [0.05, 0.1) is 16.7 Å². The van der Waals surface area contributed by atoms with Crippen molar-refractivity contribution in [2.45, 2.75) is 0 Å². The molecule has 0 spiro atoms. The normalized spacial score (nSPS) is 11.3. The summed E-state index contributed by atoms with van der Waals surface area (Å²) in [6, 6.07) is 88.0. The molecule has 11 rings (SSSR count). The van der Waals surface area contributed by atoms with Crippen LogP contribution in [-0.4, -0.2) is 4.57 Å². The van der Waals surface area contributed by atoms with Crippen molar-refractivity contribution in [3.05, 3.63) is 243 Å². The van der Waals surface area contributed by atoms with Gasteiger partial charge >= 0.3 is 0 Å². The van der Waals surface area contributed by atoms with E-state index >= 15 is 0 Å². The third-order valence-corrected chi connectivity index (χ3v) is 11.8. The topological polar surface area (TPSA) is 8.17 Å². The molecule has 10 aromatic carbocycles. The highest BCUT2D eigenvalue weighted by Crippen LogP contribution is 2.45. The summed E-state index contributed by atoms with van der Waals surface area (Å²) in [7, 11) is 0. The predicted molar refractivity (Wildman–Crippen MR) is 255 cm³/mol. The number of aromatic nitrogens is 1. The molecule has 0 aliphatic carbocycles. The van der Waals surface area contributed by atoms with Crippen LogP contribution >= 0.6 is 0 Å². The molecule has 0 aliphatic rings. The van der Waals surface area contributed by atoms with E-state index in [1.165, 1.54) is 54.8 Å². The fourth-order valence-corrected chi connectivity index (χ4v) is 8.94. The van der Waals surface area contributed by atoms with Gasteiger partial charge in [-0.3, -0.25) is 0 Å². The lowest BCUT2D eigenvalue weighted by Gasteiger charge is -2.29. The molecule has 1 aromatic heterocycles. The Morgan fingerprint density at radius 2 is 0.817 bits per heavy atom. The lowest BCUT2D eigenvalue weighted by molar-refractivity contribution is 1.18. The third kappa shape index (κ3) is 6.32. The van der Waals surface area contributed by atoms with Gasteiger partial charge in [-0.2, -0.15) is 0 Å². The summed E-state index contributed by atoms with van der Waals surface area (Å²) in [5.41, 5.74) is 16.2. The molecule has 60 heavy (non-hydrogen) atoms. The smallest absolute Gasteiger partial charge is 0.0541 e. The van der Waals surface area contributed by atoms with Crippen LogP contribution in [0.4, 0.5) is 17.1 Å². The minimum atomic E-state index is 1.08. The lowest BCUT2D eigenvalue weighted by atomic mass is 9.93. The van der Waals surface area contributed by atoms with Crippen molar-refractivity contribution in [3.8, 4) is 50.2 Å². The zero-order valence-corrected chi connectivity index (χ0v) is 33.0. The molecular formula is C58H40N2. The Morgan fingerprint density at radius 3 is 1.55 bits per heavy atom. The minimum absolute atomic E-state index is 1.08. The average Bonchev–Trinajstić information content (AvgIpc) is 3.67. The van der Waals surface area contributed by atoms with Crippen LogP contribution in [0.1, 0.15) is 0 Å². The van der Waals surface area contributed by atoms with Gasteiger partial charge < -0.3 is 9.47 Å². The maximum atomic E-state index is 2.42. The number of hydrogen-bond donors (Lipinski definition) is 0. The van der Waals surface area contributed by atoms with E-state index in [2.05, 4.69) is 252 Å². The molecule has 0 saturated heterocycles. The second-order valence-corrected chi connectivity index (χ2v) is 15.3. The number of anilines is 3. The number of para-hydroxylation sites is 2. The molecule has 0 atom stereocenters. The molecule has 0 amide bonds. The van der Waals surface area contributed by atoms with E-state index in [0.717, 1.165) is 45.0 Å². The van der Waals surface area contributed by atoms with Crippen LogP contribution in [0.3, 0.4) is 0 Å². The molecular weight excluding hydrogens is 725 g/mol. The molecule has 282 valence electrons. The van der Waals surface area contributed by atoms with E-state index in [-0.39, 0.29) is 0 Å². The third-order valence-electron chi connectivity index (χ3n) is 11.8. The summed E-state index contributed by atoms with van der Waals surface area (Å²) in [6.45, 7) is 0. The molecule has 1 heterocycles. The van der Waals surface area contributed by atoms with Crippen LogP contribution in [0.25, 0.3) is 82.8 Å². The Hall–Kier alpha value is -7.94. The van der Waals surface area contributed by atoms with Gasteiger partial charge in [0.1, 0.15) is 0 Å². The molecule has 11 aromatic rings. The number of hydrogen-bond acceptors (Lipinski definition) is 1. The highest BCUT2D eigenvalue weighted by Gasteiger charge is 2.20. The average molecular weight is 765 g/mol. The van der Waals surface area contributed by atoms with Crippen LogP contribution < -0.4 is 4.90 Å². The minimum Gasteiger partial charge on any atom is -0.310 e. The molecule has 2 heteroatoms.